The molecule has 10 nitrogen and oxygen atoms in total. The number of fused-ring (bicyclic) bond motifs is 1. The van der Waals surface area contributed by atoms with Crippen molar-refractivity contribution < 1.29 is 13.6 Å². The smallest absolute Gasteiger partial charge is 0.262 e. The van der Waals surface area contributed by atoms with Crippen LogP contribution in [0.4, 0.5) is 31.8 Å². The summed E-state index contributed by atoms with van der Waals surface area (Å²) in [5, 5.41) is 8.53. The summed E-state index contributed by atoms with van der Waals surface area (Å²) in [6, 6.07) is 9.64. The minimum absolute atomic E-state index is 0.0493. The third-order valence-corrected chi connectivity index (χ3v) is 6.46. The van der Waals surface area contributed by atoms with Crippen LogP contribution < -0.4 is 21.5 Å². The number of hydrogen-bond donors (Lipinski definition) is 4. The Labute approximate surface area is 222 Å². The van der Waals surface area contributed by atoms with Gasteiger partial charge in [0.05, 0.1) is 11.4 Å². The van der Waals surface area contributed by atoms with E-state index in [1.165, 1.54) is 18.3 Å². The van der Waals surface area contributed by atoms with Crippen molar-refractivity contribution in [3.05, 3.63) is 77.2 Å². The molecule has 2 aromatic heterocycles. The number of nitrogens with zero attached hydrogens (tertiary/aromatic N) is 4. The number of carbonyl (C=O) groups is 1. The quantitative estimate of drug-likeness (QED) is 0.263. The first-order valence-corrected chi connectivity index (χ1v) is 12.3. The average molecular weight is 533 g/mol. The van der Waals surface area contributed by atoms with E-state index in [0.29, 0.717) is 11.3 Å². The highest BCUT2D eigenvalue weighted by Crippen LogP contribution is 2.28. The molecule has 200 valence electrons. The summed E-state index contributed by atoms with van der Waals surface area (Å²) in [4.78, 5) is 41.9. The van der Waals surface area contributed by atoms with Gasteiger partial charge in [-0.05, 0) is 63.3 Å². The minimum atomic E-state index is -1.07. The first kappa shape index (κ1) is 25.9. The van der Waals surface area contributed by atoms with Crippen molar-refractivity contribution in [2.45, 2.75) is 18.9 Å². The average Bonchev–Trinajstić information content (AvgIpc) is 2.94. The Morgan fingerprint density at radius 3 is 2.64 bits per heavy atom. The lowest BCUT2D eigenvalue weighted by molar-refractivity contribution is -0.111. The first-order valence-electron chi connectivity index (χ1n) is 12.3. The van der Waals surface area contributed by atoms with Gasteiger partial charge in [-0.3, -0.25) is 9.59 Å². The van der Waals surface area contributed by atoms with E-state index < -0.39 is 17.2 Å². The van der Waals surface area contributed by atoms with E-state index in [1.54, 1.807) is 24.3 Å². The molecule has 1 aliphatic rings. The first-order chi connectivity index (χ1) is 18.8. The van der Waals surface area contributed by atoms with Crippen molar-refractivity contribution in [3.63, 3.8) is 0 Å². The minimum Gasteiger partial charge on any atom is -0.380 e. The molecule has 1 fully saturated rings. The third kappa shape index (κ3) is 5.75. The lowest BCUT2D eigenvalue weighted by Crippen LogP contribution is -2.36. The Morgan fingerprint density at radius 1 is 1.13 bits per heavy atom. The molecule has 0 bridgehead atoms. The summed E-state index contributed by atoms with van der Waals surface area (Å²) in [6.07, 6.45) is 4.07. The van der Waals surface area contributed by atoms with Crippen LogP contribution in [-0.4, -0.2) is 56.9 Å². The van der Waals surface area contributed by atoms with Crippen molar-refractivity contribution >= 4 is 40.0 Å². The van der Waals surface area contributed by atoms with Gasteiger partial charge in [-0.15, -0.1) is 0 Å². The zero-order valence-corrected chi connectivity index (χ0v) is 21.1. The van der Waals surface area contributed by atoms with Gasteiger partial charge < -0.3 is 25.8 Å². The van der Waals surface area contributed by atoms with Crippen molar-refractivity contribution in [3.8, 4) is 11.4 Å². The number of nitrogens with one attached hydrogen (secondary N) is 4. The monoisotopic (exact) mass is 532 g/mol. The summed E-state index contributed by atoms with van der Waals surface area (Å²) >= 11 is 0. The van der Waals surface area contributed by atoms with Crippen LogP contribution in [0.2, 0.25) is 0 Å². The summed E-state index contributed by atoms with van der Waals surface area (Å²) in [7, 11) is 2.03. The molecule has 0 atom stereocenters. The molecule has 2 aromatic carbocycles. The fraction of sp³-hybridized carbons (Fsp3) is 0.222. The molecule has 4 N–H and O–H groups in total. The standard InChI is InChI=1S/C27H26F2N8O2/c1-3-21(38)32-17-6-4-5-15(13-17)24-34-25-18(26(39)35-24)14-30-27(36-25)33-20-8-7-19(22(28)23(20)29)31-16-9-11-37(2)12-10-16/h3-8,13-14,16,31H,1,9-12H2,2H3,(H,32,38)(H2,30,33,34,35,36,39). The molecule has 1 aliphatic heterocycles. The Morgan fingerprint density at radius 2 is 1.87 bits per heavy atom. The molecule has 0 spiro atoms. The Kier molecular flexibility index (Phi) is 7.28. The molecule has 0 aliphatic carbocycles. The number of likely N-dealkylation sites (tertiary alicyclic amines) is 1. The van der Waals surface area contributed by atoms with Gasteiger partial charge in [0.2, 0.25) is 11.9 Å². The Bertz CT molecular complexity index is 1620. The van der Waals surface area contributed by atoms with Crippen LogP contribution in [0, 0.1) is 11.6 Å². The fourth-order valence-electron chi connectivity index (χ4n) is 4.31. The number of carbonyl (C=O) groups excluding carboxylic acids is 1. The van der Waals surface area contributed by atoms with Crippen molar-refractivity contribution in [2.24, 2.45) is 0 Å². The maximum absolute atomic E-state index is 14.9. The summed E-state index contributed by atoms with van der Waals surface area (Å²) in [6.45, 7) is 5.19. The van der Waals surface area contributed by atoms with Gasteiger partial charge in [-0.2, -0.15) is 4.98 Å². The van der Waals surface area contributed by atoms with E-state index in [1.807, 2.05) is 7.05 Å². The molecule has 12 heteroatoms. The highest BCUT2D eigenvalue weighted by molar-refractivity contribution is 5.99. The van der Waals surface area contributed by atoms with Crippen LogP contribution in [-0.2, 0) is 4.79 Å². The second-order valence-corrected chi connectivity index (χ2v) is 9.26. The molecule has 0 unspecified atom stereocenters. The number of aromatic amines is 1. The summed E-state index contributed by atoms with van der Waals surface area (Å²) in [5.41, 5.74) is 0.506. The summed E-state index contributed by atoms with van der Waals surface area (Å²) < 4.78 is 29.8. The number of anilines is 4. The number of hydrogen-bond acceptors (Lipinski definition) is 8. The molecule has 1 amide bonds. The van der Waals surface area contributed by atoms with Crippen LogP contribution in [0.5, 0.6) is 0 Å². The predicted octanol–water partition coefficient (Wildman–Crippen LogP) is 4.03. The van der Waals surface area contributed by atoms with Gasteiger partial charge >= 0.3 is 0 Å². The molecule has 0 saturated carbocycles. The predicted molar refractivity (Wildman–Crippen MR) is 146 cm³/mol. The zero-order chi connectivity index (χ0) is 27.5. The van der Waals surface area contributed by atoms with E-state index in [9.17, 15) is 18.4 Å². The number of benzene rings is 2. The molecule has 5 rings (SSSR count). The zero-order valence-electron chi connectivity index (χ0n) is 21.1. The number of aromatic nitrogens is 4. The highest BCUT2D eigenvalue weighted by Gasteiger charge is 2.20. The normalized spacial score (nSPS) is 14.2. The molecule has 39 heavy (non-hydrogen) atoms. The Balaban J connectivity index is 1.39. The van der Waals surface area contributed by atoms with Crippen LogP contribution in [0.25, 0.3) is 22.4 Å². The second-order valence-electron chi connectivity index (χ2n) is 9.26. The number of rotatable bonds is 7. The molecule has 0 radical (unpaired) electrons. The number of H-pyrrole nitrogens is 1. The lowest BCUT2D eigenvalue weighted by atomic mass is 10.1. The van der Waals surface area contributed by atoms with Gasteiger partial charge in [0.15, 0.2) is 17.3 Å². The van der Waals surface area contributed by atoms with E-state index in [0.717, 1.165) is 32.0 Å². The lowest BCUT2D eigenvalue weighted by Gasteiger charge is -2.30. The molecular weight excluding hydrogens is 506 g/mol. The number of amides is 1. The van der Waals surface area contributed by atoms with Gasteiger partial charge in [0.25, 0.3) is 5.56 Å². The highest BCUT2D eigenvalue weighted by atomic mass is 19.2. The SMILES string of the molecule is C=CC(=O)Nc1cccc(-c2nc3nc(Nc4ccc(NC5CCN(C)CC5)c(F)c4F)ncc3c(=O)[nH]2)c1. The summed E-state index contributed by atoms with van der Waals surface area (Å²) in [5.74, 6) is -2.32. The van der Waals surface area contributed by atoms with Crippen molar-refractivity contribution in [2.75, 3.05) is 36.1 Å². The van der Waals surface area contributed by atoms with E-state index in [4.69, 9.17) is 0 Å². The van der Waals surface area contributed by atoms with Gasteiger partial charge in [-0.1, -0.05) is 18.7 Å². The van der Waals surface area contributed by atoms with Crippen LogP contribution in [0.1, 0.15) is 12.8 Å². The molecular formula is C27H26F2N8O2. The maximum Gasteiger partial charge on any atom is 0.262 e. The van der Waals surface area contributed by atoms with Crippen molar-refractivity contribution in [1.29, 1.82) is 0 Å². The Hall–Kier alpha value is -4.71. The van der Waals surface area contributed by atoms with E-state index in [-0.39, 0.29) is 46.1 Å². The van der Waals surface area contributed by atoms with Crippen LogP contribution in [0.15, 0.2) is 60.0 Å². The molecule has 4 aromatic rings. The molecule has 1 saturated heterocycles. The fourth-order valence-corrected chi connectivity index (χ4v) is 4.31. The third-order valence-electron chi connectivity index (χ3n) is 6.46. The van der Waals surface area contributed by atoms with Crippen LogP contribution in [0.3, 0.4) is 0 Å². The van der Waals surface area contributed by atoms with Gasteiger partial charge in [0.1, 0.15) is 11.2 Å². The van der Waals surface area contributed by atoms with E-state index >= 15 is 0 Å². The van der Waals surface area contributed by atoms with E-state index in [2.05, 4.69) is 47.4 Å². The second kappa shape index (κ2) is 11.0. The van der Waals surface area contributed by atoms with Gasteiger partial charge in [0, 0.05) is 23.5 Å². The van der Waals surface area contributed by atoms with Crippen molar-refractivity contribution in [1.82, 2.24) is 24.8 Å². The number of piperidine rings is 1. The van der Waals surface area contributed by atoms with Gasteiger partial charge in [-0.25, -0.2) is 18.7 Å². The van der Waals surface area contributed by atoms with Crippen LogP contribution >= 0.6 is 0 Å². The molecule has 3 heterocycles. The maximum atomic E-state index is 14.9. The largest absolute Gasteiger partial charge is 0.380 e. The topological polar surface area (TPSA) is 128 Å². The number of halogens is 2.